The van der Waals surface area contributed by atoms with Gasteiger partial charge in [0.15, 0.2) is 0 Å². The number of aromatic amines is 1. The van der Waals surface area contributed by atoms with Gasteiger partial charge in [0.1, 0.15) is 5.56 Å². The second-order valence-electron chi connectivity index (χ2n) is 6.60. The van der Waals surface area contributed by atoms with E-state index in [0.717, 1.165) is 24.1 Å². The van der Waals surface area contributed by atoms with Crippen LogP contribution in [0.4, 0.5) is 0 Å². The average molecular weight is 394 g/mol. The molecular weight excluding hydrogens is 374 g/mol. The van der Waals surface area contributed by atoms with Gasteiger partial charge in [-0.05, 0) is 56.9 Å². The number of H-pyrrole nitrogens is 1. The first-order chi connectivity index (χ1) is 12.3. The van der Waals surface area contributed by atoms with Crippen molar-refractivity contribution in [3.05, 3.63) is 54.6 Å². The summed E-state index contributed by atoms with van der Waals surface area (Å²) in [7, 11) is 0. The molecule has 26 heavy (non-hydrogen) atoms. The molecule has 2 aromatic rings. The first kappa shape index (κ1) is 18.7. The van der Waals surface area contributed by atoms with E-state index >= 15 is 0 Å². The molecule has 0 aromatic carbocycles. The van der Waals surface area contributed by atoms with E-state index in [4.69, 9.17) is 11.6 Å². The fourth-order valence-electron chi connectivity index (χ4n) is 3.07. The lowest BCUT2D eigenvalue weighted by molar-refractivity contribution is 0.0934. The van der Waals surface area contributed by atoms with Gasteiger partial charge in [0.25, 0.3) is 17.4 Å². The Hall–Kier alpha value is -2.12. The Morgan fingerprint density at radius 1 is 1.31 bits per heavy atom. The maximum absolute atomic E-state index is 12.5. The van der Waals surface area contributed by atoms with Crippen LogP contribution in [0.5, 0.6) is 0 Å². The number of halogens is 1. The molecule has 0 aliphatic heterocycles. The SMILES string of the molecule is CC(C)NC(=O)c1cc2c([nH]c1=O)CCCC2NC(=O)c1ccc(Cl)s1. The second kappa shape index (κ2) is 7.63. The van der Waals surface area contributed by atoms with Crippen LogP contribution >= 0.6 is 22.9 Å². The van der Waals surface area contributed by atoms with Gasteiger partial charge in [0.05, 0.1) is 15.3 Å². The molecule has 2 amide bonds. The lowest BCUT2D eigenvalue weighted by Crippen LogP contribution is -2.37. The Labute approximate surface area is 160 Å². The van der Waals surface area contributed by atoms with Crippen molar-refractivity contribution >= 4 is 34.8 Å². The van der Waals surface area contributed by atoms with Crippen LogP contribution < -0.4 is 16.2 Å². The summed E-state index contributed by atoms with van der Waals surface area (Å²) in [5, 5.41) is 5.72. The number of aryl methyl sites for hydroxylation is 1. The number of rotatable bonds is 4. The number of hydrogen-bond donors (Lipinski definition) is 3. The summed E-state index contributed by atoms with van der Waals surface area (Å²) in [5.41, 5.74) is 1.23. The van der Waals surface area contributed by atoms with E-state index in [1.54, 1.807) is 18.2 Å². The average Bonchev–Trinajstić information content (AvgIpc) is 3.00. The number of carbonyl (C=O) groups excluding carboxylic acids is 2. The molecule has 1 aliphatic carbocycles. The Morgan fingerprint density at radius 3 is 2.73 bits per heavy atom. The number of amides is 2. The summed E-state index contributed by atoms with van der Waals surface area (Å²) in [6.45, 7) is 3.67. The molecule has 3 rings (SSSR count). The molecule has 2 heterocycles. The molecule has 8 heteroatoms. The van der Waals surface area contributed by atoms with Crippen molar-refractivity contribution in [3.63, 3.8) is 0 Å². The minimum Gasteiger partial charge on any atom is -0.350 e. The molecule has 6 nitrogen and oxygen atoms in total. The quantitative estimate of drug-likeness (QED) is 0.745. The van der Waals surface area contributed by atoms with Crippen LogP contribution in [0.1, 0.15) is 64.0 Å². The van der Waals surface area contributed by atoms with Crippen molar-refractivity contribution in [2.75, 3.05) is 0 Å². The van der Waals surface area contributed by atoms with Gasteiger partial charge in [-0.15, -0.1) is 11.3 Å². The first-order valence-electron chi connectivity index (χ1n) is 8.48. The number of thiophene rings is 1. The zero-order valence-corrected chi connectivity index (χ0v) is 16.1. The standard InChI is InChI=1S/C18H20ClN3O3S/c1-9(2)20-16(23)11-8-10-12(21-17(11)24)4-3-5-13(10)22-18(25)14-6-7-15(19)26-14/h6-9,13H,3-5H2,1-2H3,(H,20,23)(H,21,24)(H,22,25). The van der Waals surface area contributed by atoms with Crippen molar-refractivity contribution in [1.29, 1.82) is 0 Å². The Bertz CT molecular complexity index is 903. The molecule has 3 N–H and O–H groups in total. The second-order valence-corrected chi connectivity index (χ2v) is 8.31. The monoisotopic (exact) mass is 393 g/mol. The number of nitrogens with one attached hydrogen (secondary N) is 3. The number of fused-ring (bicyclic) bond motifs is 1. The maximum atomic E-state index is 12.5. The van der Waals surface area contributed by atoms with Crippen LogP contribution in [-0.4, -0.2) is 22.8 Å². The largest absolute Gasteiger partial charge is 0.350 e. The molecular formula is C18H20ClN3O3S. The van der Waals surface area contributed by atoms with E-state index < -0.39 is 11.5 Å². The Kier molecular flexibility index (Phi) is 5.48. The number of aromatic nitrogens is 1. The molecule has 0 saturated carbocycles. The Balaban J connectivity index is 1.89. The number of pyridine rings is 1. The van der Waals surface area contributed by atoms with Crippen molar-refractivity contribution in [2.24, 2.45) is 0 Å². The molecule has 0 radical (unpaired) electrons. The fourth-order valence-corrected chi connectivity index (χ4v) is 4.01. The predicted octanol–water partition coefficient (Wildman–Crippen LogP) is 3.04. The van der Waals surface area contributed by atoms with E-state index in [-0.39, 0.29) is 23.6 Å². The van der Waals surface area contributed by atoms with Gasteiger partial charge in [-0.1, -0.05) is 11.6 Å². The van der Waals surface area contributed by atoms with E-state index in [2.05, 4.69) is 15.6 Å². The third-order valence-electron chi connectivity index (χ3n) is 4.22. The third-order valence-corrected chi connectivity index (χ3v) is 5.45. The van der Waals surface area contributed by atoms with Gasteiger partial charge in [0, 0.05) is 11.7 Å². The molecule has 0 spiro atoms. The predicted molar refractivity (Wildman–Crippen MR) is 102 cm³/mol. The highest BCUT2D eigenvalue weighted by Crippen LogP contribution is 2.29. The summed E-state index contributed by atoms with van der Waals surface area (Å²) in [5.74, 6) is -0.621. The molecule has 138 valence electrons. The van der Waals surface area contributed by atoms with Gasteiger partial charge in [-0.2, -0.15) is 0 Å². The first-order valence-corrected chi connectivity index (χ1v) is 9.67. The summed E-state index contributed by atoms with van der Waals surface area (Å²) in [6.07, 6.45) is 2.31. The van der Waals surface area contributed by atoms with Crippen LogP contribution in [0.15, 0.2) is 23.0 Å². The van der Waals surface area contributed by atoms with Crippen molar-refractivity contribution in [2.45, 2.75) is 45.2 Å². The summed E-state index contributed by atoms with van der Waals surface area (Å²) in [4.78, 5) is 40.3. The number of carbonyl (C=O) groups is 2. The molecule has 1 unspecified atom stereocenters. The normalized spacial score (nSPS) is 16.2. The smallest absolute Gasteiger partial charge is 0.261 e. The van der Waals surface area contributed by atoms with Gasteiger partial charge < -0.3 is 15.6 Å². The van der Waals surface area contributed by atoms with Crippen LogP contribution in [0, 0.1) is 0 Å². The molecule has 0 saturated heterocycles. The maximum Gasteiger partial charge on any atom is 0.261 e. The Morgan fingerprint density at radius 2 is 2.08 bits per heavy atom. The number of hydrogen-bond acceptors (Lipinski definition) is 4. The highest BCUT2D eigenvalue weighted by Gasteiger charge is 2.26. The van der Waals surface area contributed by atoms with Crippen LogP contribution in [-0.2, 0) is 6.42 Å². The zero-order chi connectivity index (χ0) is 18.8. The minimum atomic E-state index is -0.412. The molecule has 2 aromatic heterocycles. The highest BCUT2D eigenvalue weighted by atomic mass is 35.5. The lowest BCUT2D eigenvalue weighted by atomic mass is 9.90. The van der Waals surface area contributed by atoms with Gasteiger partial charge in [-0.25, -0.2) is 0 Å². The van der Waals surface area contributed by atoms with Gasteiger partial charge in [-0.3, -0.25) is 14.4 Å². The van der Waals surface area contributed by atoms with Crippen LogP contribution in [0.3, 0.4) is 0 Å². The summed E-state index contributed by atoms with van der Waals surface area (Å²) >= 11 is 7.11. The van der Waals surface area contributed by atoms with E-state index in [9.17, 15) is 14.4 Å². The highest BCUT2D eigenvalue weighted by molar-refractivity contribution is 7.18. The van der Waals surface area contributed by atoms with E-state index in [1.807, 2.05) is 13.8 Å². The topological polar surface area (TPSA) is 91.1 Å². The van der Waals surface area contributed by atoms with Crippen molar-refractivity contribution in [1.82, 2.24) is 15.6 Å². The summed E-state index contributed by atoms with van der Waals surface area (Å²) < 4.78 is 0.552. The van der Waals surface area contributed by atoms with Gasteiger partial charge >= 0.3 is 0 Å². The third kappa shape index (κ3) is 3.99. The zero-order valence-electron chi connectivity index (χ0n) is 14.5. The molecule has 0 fully saturated rings. The van der Waals surface area contributed by atoms with Crippen molar-refractivity contribution < 1.29 is 9.59 Å². The van der Waals surface area contributed by atoms with Crippen LogP contribution in [0.2, 0.25) is 4.34 Å². The summed E-state index contributed by atoms with van der Waals surface area (Å²) in [6, 6.07) is 4.64. The lowest BCUT2D eigenvalue weighted by Gasteiger charge is -2.26. The molecule has 1 aliphatic rings. The van der Waals surface area contributed by atoms with E-state index in [0.29, 0.717) is 15.6 Å². The van der Waals surface area contributed by atoms with Gasteiger partial charge in [0.2, 0.25) is 0 Å². The minimum absolute atomic E-state index is 0.0674. The van der Waals surface area contributed by atoms with Crippen molar-refractivity contribution in [3.8, 4) is 0 Å². The fraction of sp³-hybridized carbons (Fsp3) is 0.389. The molecule has 1 atom stereocenters. The van der Waals surface area contributed by atoms with Crippen LogP contribution in [0.25, 0.3) is 0 Å². The van der Waals surface area contributed by atoms with E-state index in [1.165, 1.54) is 11.3 Å². The molecule has 0 bridgehead atoms.